The summed E-state index contributed by atoms with van der Waals surface area (Å²) in [6.07, 6.45) is 0.570. The fraction of sp³-hybridized carbons (Fsp3) is 0.400. The van der Waals surface area contributed by atoms with Gasteiger partial charge in [-0.2, -0.15) is 5.10 Å². The van der Waals surface area contributed by atoms with Crippen molar-refractivity contribution in [1.29, 1.82) is 0 Å². The van der Waals surface area contributed by atoms with Crippen LogP contribution in [0.1, 0.15) is 37.6 Å². The van der Waals surface area contributed by atoms with Crippen LogP contribution >= 0.6 is 15.9 Å². The number of halogens is 1. The lowest BCUT2D eigenvalue weighted by Gasteiger charge is -2.13. The molecule has 0 unspecified atom stereocenters. The Bertz CT molecular complexity index is 543. The first kappa shape index (κ1) is 17.4. The molecule has 0 aromatic heterocycles. The summed E-state index contributed by atoms with van der Waals surface area (Å²) in [5.41, 5.74) is 3.48. The van der Waals surface area contributed by atoms with Gasteiger partial charge < -0.3 is 4.74 Å². The molecule has 5 nitrogen and oxygen atoms in total. The Labute approximate surface area is 132 Å². The zero-order valence-corrected chi connectivity index (χ0v) is 13.9. The van der Waals surface area contributed by atoms with Gasteiger partial charge in [-0.15, -0.1) is 0 Å². The number of nitrogens with one attached hydrogen (secondary N) is 1. The van der Waals surface area contributed by atoms with Crippen molar-refractivity contribution in [3.63, 3.8) is 0 Å². The monoisotopic (exact) mass is 354 g/mol. The van der Waals surface area contributed by atoms with Crippen molar-refractivity contribution >= 4 is 33.5 Å². The predicted molar refractivity (Wildman–Crippen MR) is 85.1 cm³/mol. The van der Waals surface area contributed by atoms with Crippen LogP contribution < -0.4 is 5.43 Å². The second kappa shape index (κ2) is 8.56. The van der Waals surface area contributed by atoms with Gasteiger partial charge in [-0.3, -0.25) is 9.59 Å². The molecule has 0 radical (unpaired) electrons. The average Bonchev–Trinajstić information content (AvgIpc) is 2.45. The highest BCUT2D eigenvalue weighted by atomic mass is 79.9. The van der Waals surface area contributed by atoms with Crippen molar-refractivity contribution in [2.45, 2.75) is 27.2 Å². The highest BCUT2D eigenvalue weighted by molar-refractivity contribution is 9.10. The molecule has 0 aliphatic heterocycles. The molecule has 0 aliphatic carbocycles. The Balaban J connectivity index is 2.74. The number of amides is 1. The van der Waals surface area contributed by atoms with Crippen molar-refractivity contribution in [2.24, 2.45) is 11.0 Å². The Morgan fingerprint density at radius 2 is 2.10 bits per heavy atom. The van der Waals surface area contributed by atoms with Crippen molar-refractivity contribution in [3.05, 3.63) is 34.3 Å². The van der Waals surface area contributed by atoms with Crippen LogP contribution in [0.15, 0.2) is 33.8 Å². The van der Waals surface area contributed by atoms with Gasteiger partial charge in [0, 0.05) is 15.7 Å². The SMILES string of the molecule is CCOC(=O)[C@H](CC)/C(C)=N/NC(=O)c1cccc(Br)c1. The lowest BCUT2D eigenvalue weighted by Crippen LogP contribution is -2.27. The minimum atomic E-state index is -0.437. The van der Waals surface area contributed by atoms with Crippen LogP contribution in [0, 0.1) is 5.92 Å². The Morgan fingerprint density at radius 1 is 1.38 bits per heavy atom. The number of ether oxygens (including phenoxy) is 1. The molecule has 1 rings (SSSR count). The Morgan fingerprint density at radius 3 is 2.67 bits per heavy atom. The molecular weight excluding hydrogens is 336 g/mol. The number of carbonyl (C=O) groups is 2. The zero-order chi connectivity index (χ0) is 15.8. The number of rotatable bonds is 6. The van der Waals surface area contributed by atoms with E-state index in [-0.39, 0.29) is 11.9 Å². The van der Waals surface area contributed by atoms with Gasteiger partial charge in [0.15, 0.2) is 0 Å². The minimum Gasteiger partial charge on any atom is -0.465 e. The molecule has 21 heavy (non-hydrogen) atoms. The number of nitrogens with zero attached hydrogens (tertiary/aromatic N) is 1. The summed E-state index contributed by atoms with van der Waals surface area (Å²) in [5, 5.41) is 4.01. The third-order valence-corrected chi connectivity index (χ3v) is 3.40. The average molecular weight is 355 g/mol. The topological polar surface area (TPSA) is 67.8 Å². The van der Waals surface area contributed by atoms with Gasteiger partial charge in [-0.05, 0) is 38.5 Å². The second-order valence-electron chi connectivity index (χ2n) is 4.42. The molecular formula is C15H19BrN2O3. The summed E-state index contributed by atoms with van der Waals surface area (Å²) in [5.74, 6) is -1.08. The normalized spacial score (nSPS) is 12.7. The number of carbonyl (C=O) groups excluding carboxylic acids is 2. The van der Waals surface area contributed by atoms with E-state index in [2.05, 4.69) is 26.5 Å². The first-order valence-electron chi connectivity index (χ1n) is 6.76. The molecule has 1 aromatic carbocycles. The van der Waals surface area contributed by atoms with E-state index in [1.807, 2.05) is 13.0 Å². The largest absolute Gasteiger partial charge is 0.465 e. The molecule has 1 aromatic rings. The maximum atomic E-state index is 12.0. The summed E-state index contributed by atoms with van der Waals surface area (Å²) in [6, 6.07) is 6.98. The number of benzene rings is 1. The predicted octanol–water partition coefficient (Wildman–Crippen LogP) is 3.14. The summed E-state index contributed by atoms with van der Waals surface area (Å²) < 4.78 is 5.80. The quantitative estimate of drug-likeness (QED) is 0.484. The summed E-state index contributed by atoms with van der Waals surface area (Å²) in [6.45, 7) is 5.65. The van der Waals surface area contributed by atoms with Gasteiger partial charge in [0.25, 0.3) is 5.91 Å². The smallest absolute Gasteiger partial charge is 0.314 e. The molecule has 6 heteroatoms. The summed E-state index contributed by atoms with van der Waals surface area (Å²) >= 11 is 3.30. The molecule has 0 bridgehead atoms. The molecule has 1 atom stereocenters. The Hall–Kier alpha value is -1.69. The van der Waals surface area contributed by atoms with E-state index in [9.17, 15) is 9.59 Å². The standard InChI is InChI=1S/C15H19BrN2O3/c1-4-13(15(20)21-5-2)10(3)17-18-14(19)11-7-6-8-12(16)9-11/h6-9,13H,4-5H2,1-3H3,(H,18,19)/b17-10+/t13-/m1/s1. The van der Waals surface area contributed by atoms with E-state index in [0.717, 1.165) is 4.47 Å². The van der Waals surface area contributed by atoms with E-state index < -0.39 is 5.92 Å². The van der Waals surface area contributed by atoms with Crippen molar-refractivity contribution < 1.29 is 14.3 Å². The van der Waals surface area contributed by atoms with E-state index >= 15 is 0 Å². The van der Waals surface area contributed by atoms with Crippen LogP contribution in [0.2, 0.25) is 0 Å². The fourth-order valence-corrected chi connectivity index (χ4v) is 2.19. The molecule has 1 N–H and O–H groups in total. The van der Waals surface area contributed by atoms with Crippen LogP contribution in [-0.4, -0.2) is 24.2 Å². The molecule has 1 amide bonds. The van der Waals surface area contributed by atoms with Gasteiger partial charge in [0.05, 0.1) is 12.5 Å². The van der Waals surface area contributed by atoms with Crippen molar-refractivity contribution in [1.82, 2.24) is 5.43 Å². The summed E-state index contributed by atoms with van der Waals surface area (Å²) in [7, 11) is 0. The summed E-state index contributed by atoms with van der Waals surface area (Å²) in [4.78, 5) is 23.7. The van der Waals surface area contributed by atoms with E-state index in [1.54, 1.807) is 32.0 Å². The lowest BCUT2D eigenvalue weighted by molar-refractivity contribution is -0.145. The maximum Gasteiger partial charge on any atom is 0.314 e. The number of hydrogen-bond acceptors (Lipinski definition) is 4. The fourth-order valence-electron chi connectivity index (χ4n) is 1.79. The second-order valence-corrected chi connectivity index (χ2v) is 5.33. The van der Waals surface area contributed by atoms with Crippen LogP contribution in [0.4, 0.5) is 0 Å². The first-order chi connectivity index (χ1) is 9.99. The minimum absolute atomic E-state index is 0.321. The molecule has 0 heterocycles. The van der Waals surface area contributed by atoms with Gasteiger partial charge in [-0.25, -0.2) is 5.43 Å². The molecule has 0 saturated carbocycles. The van der Waals surface area contributed by atoms with Gasteiger partial charge in [-0.1, -0.05) is 28.9 Å². The molecule has 114 valence electrons. The van der Waals surface area contributed by atoms with Crippen LogP contribution in [0.5, 0.6) is 0 Å². The first-order valence-corrected chi connectivity index (χ1v) is 7.55. The van der Waals surface area contributed by atoms with E-state index in [0.29, 0.717) is 24.3 Å². The third kappa shape index (κ3) is 5.30. The van der Waals surface area contributed by atoms with Crippen LogP contribution in [0.3, 0.4) is 0 Å². The van der Waals surface area contributed by atoms with Gasteiger partial charge >= 0.3 is 5.97 Å². The van der Waals surface area contributed by atoms with E-state index in [4.69, 9.17) is 4.74 Å². The Kier molecular flexibility index (Phi) is 7.08. The molecule has 0 saturated heterocycles. The van der Waals surface area contributed by atoms with Crippen LogP contribution in [0.25, 0.3) is 0 Å². The third-order valence-electron chi connectivity index (χ3n) is 2.90. The molecule has 0 spiro atoms. The molecule has 0 fully saturated rings. The van der Waals surface area contributed by atoms with Crippen molar-refractivity contribution in [2.75, 3.05) is 6.61 Å². The lowest BCUT2D eigenvalue weighted by atomic mass is 10.0. The molecule has 0 aliphatic rings. The number of esters is 1. The highest BCUT2D eigenvalue weighted by Crippen LogP contribution is 2.12. The van der Waals surface area contributed by atoms with Gasteiger partial charge in [0.2, 0.25) is 0 Å². The van der Waals surface area contributed by atoms with Crippen molar-refractivity contribution in [3.8, 4) is 0 Å². The van der Waals surface area contributed by atoms with Crippen LogP contribution in [-0.2, 0) is 9.53 Å². The maximum absolute atomic E-state index is 12.0. The van der Waals surface area contributed by atoms with E-state index in [1.165, 1.54) is 0 Å². The zero-order valence-electron chi connectivity index (χ0n) is 12.4. The highest BCUT2D eigenvalue weighted by Gasteiger charge is 2.21. The number of hydrazone groups is 1. The van der Waals surface area contributed by atoms with Gasteiger partial charge in [0.1, 0.15) is 0 Å². The number of hydrogen-bond donors (Lipinski definition) is 1.